The third kappa shape index (κ3) is 3.37. The van der Waals surface area contributed by atoms with Gasteiger partial charge in [0.15, 0.2) is 0 Å². The third-order valence-electron chi connectivity index (χ3n) is 4.84. The number of sulfonamides is 1. The molecule has 1 fully saturated rings. The number of rotatable bonds is 5. The molecule has 0 bridgehead atoms. The van der Waals surface area contributed by atoms with Gasteiger partial charge >= 0.3 is 0 Å². The Morgan fingerprint density at radius 2 is 2.00 bits per heavy atom. The Kier molecular flexibility index (Phi) is 4.30. The van der Waals surface area contributed by atoms with Crippen molar-refractivity contribution in [1.82, 2.24) is 0 Å². The molecule has 0 saturated heterocycles. The van der Waals surface area contributed by atoms with Crippen LogP contribution < -0.4 is 14.4 Å². The first-order chi connectivity index (χ1) is 12.9. The Morgan fingerprint density at radius 3 is 2.70 bits per heavy atom. The maximum Gasteiger partial charge on any atom is 0.265 e. The van der Waals surface area contributed by atoms with Gasteiger partial charge in [0.05, 0.1) is 12.8 Å². The summed E-state index contributed by atoms with van der Waals surface area (Å²) in [7, 11) is -2.73. The third-order valence-corrected chi connectivity index (χ3v) is 6.24. The molecule has 1 N–H and O–H groups in total. The number of hydrogen-bond acceptors (Lipinski definition) is 4. The Morgan fingerprint density at radius 1 is 1.22 bits per heavy atom. The normalized spacial score (nSPS) is 16.1. The maximum atomic E-state index is 13.6. The minimum atomic E-state index is -4.06. The fourth-order valence-electron chi connectivity index (χ4n) is 3.29. The zero-order valence-corrected chi connectivity index (χ0v) is 15.6. The molecular formula is C19H19FN2O4S. The van der Waals surface area contributed by atoms with Crippen LogP contribution in [-0.2, 0) is 21.2 Å². The first-order valence-corrected chi connectivity index (χ1v) is 10.2. The first-order valence-electron chi connectivity index (χ1n) is 8.70. The van der Waals surface area contributed by atoms with Crippen LogP contribution in [0.25, 0.3) is 0 Å². The van der Waals surface area contributed by atoms with Crippen molar-refractivity contribution in [2.75, 3.05) is 23.3 Å². The van der Waals surface area contributed by atoms with E-state index in [1.807, 2.05) is 6.07 Å². The summed E-state index contributed by atoms with van der Waals surface area (Å²) < 4.78 is 46.5. The van der Waals surface area contributed by atoms with Gasteiger partial charge in [-0.25, -0.2) is 12.8 Å². The lowest BCUT2D eigenvalue weighted by molar-refractivity contribution is -0.119. The summed E-state index contributed by atoms with van der Waals surface area (Å²) in [5, 5.41) is 0. The number of amides is 1. The quantitative estimate of drug-likeness (QED) is 0.852. The van der Waals surface area contributed by atoms with Crippen molar-refractivity contribution in [3.8, 4) is 5.75 Å². The largest absolute Gasteiger partial charge is 0.495 e. The van der Waals surface area contributed by atoms with Crippen molar-refractivity contribution in [1.29, 1.82) is 0 Å². The number of halogens is 1. The average molecular weight is 390 g/mol. The van der Waals surface area contributed by atoms with E-state index in [-0.39, 0.29) is 22.5 Å². The van der Waals surface area contributed by atoms with Crippen molar-refractivity contribution in [2.45, 2.75) is 24.2 Å². The van der Waals surface area contributed by atoms with E-state index in [9.17, 15) is 17.6 Å². The molecule has 0 atom stereocenters. The number of benzene rings is 2. The second kappa shape index (κ2) is 6.53. The van der Waals surface area contributed by atoms with E-state index in [0.717, 1.165) is 42.6 Å². The van der Waals surface area contributed by atoms with Crippen LogP contribution in [0.15, 0.2) is 41.3 Å². The van der Waals surface area contributed by atoms with Crippen LogP contribution in [0.3, 0.4) is 0 Å². The van der Waals surface area contributed by atoms with Gasteiger partial charge in [0, 0.05) is 18.2 Å². The van der Waals surface area contributed by atoms with E-state index in [1.54, 1.807) is 17.0 Å². The standard InChI is InChI=1S/C19H19FN2O4S/c1-26-17-7-5-14(20)10-18(17)27(24,25)21-15-6-4-12-8-9-22(16(12)11-15)19(23)13-2-3-13/h4-7,10-11,13,21H,2-3,8-9H2,1H3. The summed E-state index contributed by atoms with van der Waals surface area (Å²) in [4.78, 5) is 13.9. The van der Waals surface area contributed by atoms with Gasteiger partial charge < -0.3 is 9.64 Å². The number of ether oxygens (including phenoxy) is 1. The highest BCUT2D eigenvalue weighted by molar-refractivity contribution is 7.92. The zero-order valence-electron chi connectivity index (χ0n) is 14.7. The lowest BCUT2D eigenvalue weighted by atomic mass is 10.1. The van der Waals surface area contributed by atoms with E-state index in [0.29, 0.717) is 12.2 Å². The number of carbonyl (C=O) groups excluding carboxylic acids is 1. The molecule has 0 radical (unpaired) electrons. The zero-order chi connectivity index (χ0) is 19.2. The maximum absolute atomic E-state index is 13.6. The van der Waals surface area contributed by atoms with Crippen molar-refractivity contribution < 1.29 is 22.3 Å². The summed E-state index contributed by atoms with van der Waals surface area (Å²) in [5.74, 6) is -0.435. The molecule has 0 spiro atoms. The molecule has 27 heavy (non-hydrogen) atoms. The van der Waals surface area contributed by atoms with Gasteiger partial charge in [-0.1, -0.05) is 6.07 Å². The molecule has 1 amide bonds. The van der Waals surface area contributed by atoms with E-state index in [4.69, 9.17) is 4.74 Å². The van der Waals surface area contributed by atoms with Gasteiger partial charge in [-0.15, -0.1) is 0 Å². The molecule has 8 heteroatoms. The van der Waals surface area contributed by atoms with Gasteiger partial charge in [-0.05, 0) is 55.2 Å². The molecule has 1 aliphatic carbocycles. The van der Waals surface area contributed by atoms with Crippen molar-refractivity contribution in [3.63, 3.8) is 0 Å². The fraction of sp³-hybridized carbons (Fsp3) is 0.316. The molecule has 6 nitrogen and oxygen atoms in total. The highest BCUT2D eigenvalue weighted by Gasteiger charge is 2.36. The van der Waals surface area contributed by atoms with Crippen molar-refractivity contribution >= 4 is 27.3 Å². The highest BCUT2D eigenvalue weighted by atomic mass is 32.2. The Hall–Kier alpha value is -2.61. The molecule has 1 aliphatic heterocycles. The molecule has 0 unspecified atom stereocenters. The topological polar surface area (TPSA) is 75.7 Å². The fourth-order valence-corrected chi connectivity index (χ4v) is 4.52. The predicted octanol–water partition coefficient (Wildman–Crippen LogP) is 2.93. The number of fused-ring (bicyclic) bond motifs is 1. The Labute approximate surface area is 157 Å². The number of anilines is 2. The monoisotopic (exact) mass is 390 g/mol. The van der Waals surface area contributed by atoms with E-state index in [1.165, 1.54) is 13.2 Å². The van der Waals surface area contributed by atoms with Crippen LogP contribution in [0.2, 0.25) is 0 Å². The number of methoxy groups -OCH3 is 1. The summed E-state index contributed by atoms with van der Waals surface area (Å²) in [6.45, 7) is 0.610. The summed E-state index contributed by atoms with van der Waals surface area (Å²) >= 11 is 0. The van der Waals surface area contributed by atoms with Crippen LogP contribution in [-0.4, -0.2) is 28.0 Å². The van der Waals surface area contributed by atoms with Crippen LogP contribution in [0.4, 0.5) is 15.8 Å². The van der Waals surface area contributed by atoms with E-state index < -0.39 is 15.8 Å². The minimum absolute atomic E-state index is 0.0515. The average Bonchev–Trinajstić information content (AvgIpc) is 3.41. The summed E-state index contributed by atoms with van der Waals surface area (Å²) in [6, 6.07) is 8.43. The molecule has 2 aromatic rings. The molecule has 142 valence electrons. The predicted molar refractivity (Wildman–Crippen MR) is 99.0 cm³/mol. The second-order valence-corrected chi connectivity index (χ2v) is 8.41. The van der Waals surface area contributed by atoms with Gasteiger partial charge in [0.25, 0.3) is 10.0 Å². The van der Waals surface area contributed by atoms with Crippen molar-refractivity contribution in [2.24, 2.45) is 5.92 Å². The van der Waals surface area contributed by atoms with Gasteiger partial charge in [0.1, 0.15) is 16.5 Å². The minimum Gasteiger partial charge on any atom is -0.495 e. The SMILES string of the molecule is COc1ccc(F)cc1S(=O)(=O)Nc1ccc2c(c1)N(C(=O)C1CC1)CC2. The van der Waals surface area contributed by atoms with E-state index in [2.05, 4.69) is 4.72 Å². The summed E-state index contributed by atoms with van der Waals surface area (Å²) in [5.41, 5.74) is 2.06. The van der Waals surface area contributed by atoms with Gasteiger partial charge in [0.2, 0.25) is 5.91 Å². The number of nitrogens with one attached hydrogen (secondary N) is 1. The molecule has 1 heterocycles. The Balaban J connectivity index is 1.64. The van der Waals surface area contributed by atoms with Gasteiger partial charge in [-0.3, -0.25) is 9.52 Å². The number of hydrogen-bond donors (Lipinski definition) is 1. The molecular weight excluding hydrogens is 371 g/mol. The molecule has 2 aliphatic rings. The Bertz CT molecular complexity index is 1020. The van der Waals surface area contributed by atoms with Crippen LogP contribution >= 0.6 is 0 Å². The number of nitrogens with zero attached hydrogens (tertiary/aromatic N) is 1. The lowest BCUT2D eigenvalue weighted by Crippen LogP contribution is -2.30. The van der Waals surface area contributed by atoms with Crippen molar-refractivity contribution in [3.05, 3.63) is 47.8 Å². The first kappa shape index (κ1) is 17.8. The molecule has 4 rings (SSSR count). The molecule has 0 aromatic heterocycles. The second-order valence-electron chi connectivity index (χ2n) is 6.76. The highest BCUT2D eigenvalue weighted by Crippen LogP contribution is 2.38. The van der Waals surface area contributed by atoms with Gasteiger partial charge in [-0.2, -0.15) is 0 Å². The lowest BCUT2D eigenvalue weighted by Gasteiger charge is -2.18. The van der Waals surface area contributed by atoms with Crippen LogP contribution in [0.5, 0.6) is 5.75 Å². The van der Waals surface area contributed by atoms with Crippen LogP contribution in [0.1, 0.15) is 18.4 Å². The smallest absolute Gasteiger partial charge is 0.265 e. The molecule has 2 aromatic carbocycles. The molecule has 1 saturated carbocycles. The van der Waals surface area contributed by atoms with E-state index >= 15 is 0 Å². The number of carbonyl (C=O) groups is 1. The summed E-state index contributed by atoms with van der Waals surface area (Å²) in [6.07, 6.45) is 2.57. The van der Waals surface area contributed by atoms with Crippen LogP contribution in [0, 0.1) is 11.7 Å².